The standard InChI is InChI=1S/C18H20N2O/c1-13-9-16(11-19)3-6-17(13)12-21-18-7-4-15(5-8-18)10-14(2)20/h3-9,14H,10,12,20H2,1-2H3. The number of aryl methyl sites for hydroxylation is 1. The third-order valence-electron chi connectivity index (χ3n) is 3.35. The molecule has 1 unspecified atom stereocenters. The lowest BCUT2D eigenvalue weighted by Gasteiger charge is -2.10. The first-order valence-electron chi connectivity index (χ1n) is 7.05. The van der Waals surface area contributed by atoms with Crippen LogP contribution in [0.15, 0.2) is 42.5 Å². The molecular weight excluding hydrogens is 260 g/mol. The van der Waals surface area contributed by atoms with Crippen LogP contribution in [0, 0.1) is 18.3 Å². The van der Waals surface area contributed by atoms with E-state index < -0.39 is 0 Å². The van der Waals surface area contributed by atoms with Crippen molar-refractivity contribution in [2.24, 2.45) is 5.73 Å². The van der Waals surface area contributed by atoms with Gasteiger partial charge in [-0.25, -0.2) is 0 Å². The number of rotatable bonds is 5. The van der Waals surface area contributed by atoms with Crippen LogP contribution < -0.4 is 10.5 Å². The molecule has 0 bridgehead atoms. The molecule has 0 radical (unpaired) electrons. The average Bonchev–Trinajstić information content (AvgIpc) is 2.47. The number of hydrogen-bond acceptors (Lipinski definition) is 3. The Balaban J connectivity index is 1.98. The maximum atomic E-state index is 8.86. The summed E-state index contributed by atoms with van der Waals surface area (Å²) in [7, 11) is 0. The van der Waals surface area contributed by atoms with Gasteiger partial charge in [0.05, 0.1) is 11.6 Å². The second kappa shape index (κ2) is 6.92. The molecule has 0 spiro atoms. The van der Waals surface area contributed by atoms with Crippen molar-refractivity contribution in [2.75, 3.05) is 0 Å². The molecule has 0 aliphatic heterocycles. The van der Waals surface area contributed by atoms with Crippen molar-refractivity contribution in [2.45, 2.75) is 32.9 Å². The first-order chi connectivity index (χ1) is 10.1. The van der Waals surface area contributed by atoms with E-state index in [1.807, 2.05) is 56.3 Å². The molecule has 2 rings (SSSR count). The zero-order valence-corrected chi connectivity index (χ0v) is 12.5. The van der Waals surface area contributed by atoms with E-state index in [1.165, 1.54) is 5.56 Å². The van der Waals surface area contributed by atoms with E-state index in [1.54, 1.807) is 0 Å². The topological polar surface area (TPSA) is 59.0 Å². The molecule has 0 saturated carbocycles. The van der Waals surface area contributed by atoms with Crippen LogP contribution in [0.25, 0.3) is 0 Å². The summed E-state index contributed by atoms with van der Waals surface area (Å²) in [5, 5.41) is 8.86. The maximum absolute atomic E-state index is 8.86. The van der Waals surface area contributed by atoms with Crippen molar-refractivity contribution >= 4 is 0 Å². The second-order valence-corrected chi connectivity index (χ2v) is 5.37. The molecule has 0 saturated heterocycles. The van der Waals surface area contributed by atoms with Crippen LogP contribution in [0.4, 0.5) is 0 Å². The number of nitrogens with two attached hydrogens (primary N) is 1. The largest absolute Gasteiger partial charge is 0.489 e. The summed E-state index contributed by atoms with van der Waals surface area (Å²) in [6, 6.07) is 16.0. The quantitative estimate of drug-likeness (QED) is 0.913. The molecule has 2 aromatic carbocycles. The van der Waals surface area contributed by atoms with Gasteiger partial charge in [-0.15, -0.1) is 0 Å². The van der Waals surface area contributed by atoms with Gasteiger partial charge in [-0.05, 0) is 61.2 Å². The van der Waals surface area contributed by atoms with E-state index in [0.29, 0.717) is 12.2 Å². The van der Waals surface area contributed by atoms with E-state index in [2.05, 4.69) is 6.07 Å². The van der Waals surface area contributed by atoms with Crippen LogP contribution in [0.1, 0.15) is 29.2 Å². The van der Waals surface area contributed by atoms with Crippen LogP contribution in [-0.4, -0.2) is 6.04 Å². The lowest BCUT2D eigenvalue weighted by Crippen LogP contribution is -2.17. The number of hydrogen-bond donors (Lipinski definition) is 1. The van der Waals surface area contributed by atoms with Crippen LogP contribution in [0.5, 0.6) is 5.75 Å². The Morgan fingerprint density at radius 3 is 2.48 bits per heavy atom. The van der Waals surface area contributed by atoms with E-state index in [4.69, 9.17) is 15.7 Å². The zero-order chi connectivity index (χ0) is 15.2. The Labute approximate surface area is 126 Å². The van der Waals surface area contributed by atoms with Gasteiger partial charge >= 0.3 is 0 Å². The Kier molecular flexibility index (Phi) is 4.97. The van der Waals surface area contributed by atoms with Crippen molar-refractivity contribution in [3.63, 3.8) is 0 Å². The van der Waals surface area contributed by atoms with E-state index in [-0.39, 0.29) is 6.04 Å². The minimum Gasteiger partial charge on any atom is -0.489 e. The minimum atomic E-state index is 0.165. The van der Waals surface area contributed by atoms with Gasteiger partial charge in [-0.2, -0.15) is 5.26 Å². The van der Waals surface area contributed by atoms with Crippen molar-refractivity contribution in [1.82, 2.24) is 0 Å². The normalized spacial score (nSPS) is 11.7. The molecule has 2 N–H and O–H groups in total. The average molecular weight is 280 g/mol. The fourth-order valence-corrected chi connectivity index (χ4v) is 2.18. The van der Waals surface area contributed by atoms with Crippen molar-refractivity contribution in [3.05, 3.63) is 64.7 Å². The van der Waals surface area contributed by atoms with Gasteiger partial charge < -0.3 is 10.5 Å². The lowest BCUT2D eigenvalue weighted by molar-refractivity contribution is 0.305. The van der Waals surface area contributed by atoms with E-state index in [9.17, 15) is 0 Å². The van der Waals surface area contributed by atoms with Crippen LogP contribution in [-0.2, 0) is 13.0 Å². The SMILES string of the molecule is Cc1cc(C#N)ccc1COc1ccc(CC(C)N)cc1. The smallest absolute Gasteiger partial charge is 0.119 e. The third kappa shape index (κ3) is 4.34. The monoisotopic (exact) mass is 280 g/mol. The fraction of sp³-hybridized carbons (Fsp3) is 0.278. The zero-order valence-electron chi connectivity index (χ0n) is 12.5. The van der Waals surface area contributed by atoms with Crippen molar-refractivity contribution in [1.29, 1.82) is 5.26 Å². The molecule has 0 amide bonds. The van der Waals surface area contributed by atoms with Crippen LogP contribution >= 0.6 is 0 Å². The number of nitriles is 1. The van der Waals surface area contributed by atoms with Crippen molar-refractivity contribution in [3.8, 4) is 11.8 Å². The minimum absolute atomic E-state index is 0.165. The predicted octanol–water partition coefficient (Wildman–Crippen LogP) is 3.34. The molecular formula is C18H20N2O. The maximum Gasteiger partial charge on any atom is 0.119 e. The Bertz CT molecular complexity index is 639. The van der Waals surface area contributed by atoms with Gasteiger partial charge in [0.25, 0.3) is 0 Å². The Morgan fingerprint density at radius 2 is 1.90 bits per heavy atom. The fourth-order valence-electron chi connectivity index (χ4n) is 2.18. The van der Waals surface area contributed by atoms with Gasteiger partial charge in [-0.3, -0.25) is 0 Å². The molecule has 2 aromatic rings. The van der Waals surface area contributed by atoms with Gasteiger partial charge in [-0.1, -0.05) is 18.2 Å². The molecule has 0 heterocycles. The highest BCUT2D eigenvalue weighted by atomic mass is 16.5. The number of nitrogens with zero attached hydrogens (tertiary/aromatic N) is 1. The summed E-state index contributed by atoms with van der Waals surface area (Å²) < 4.78 is 5.79. The summed E-state index contributed by atoms with van der Waals surface area (Å²) >= 11 is 0. The van der Waals surface area contributed by atoms with Gasteiger partial charge in [0.15, 0.2) is 0 Å². The summed E-state index contributed by atoms with van der Waals surface area (Å²) in [4.78, 5) is 0. The van der Waals surface area contributed by atoms with Crippen molar-refractivity contribution < 1.29 is 4.74 Å². The molecule has 108 valence electrons. The van der Waals surface area contributed by atoms with Crippen LogP contribution in [0.3, 0.4) is 0 Å². The lowest BCUT2D eigenvalue weighted by atomic mass is 10.1. The summed E-state index contributed by atoms with van der Waals surface area (Å²) in [6.45, 7) is 4.49. The molecule has 3 heteroatoms. The molecule has 0 aromatic heterocycles. The van der Waals surface area contributed by atoms with E-state index >= 15 is 0 Å². The first kappa shape index (κ1) is 15.1. The molecule has 0 aliphatic rings. The highest BCUT2D eigenvalue weighted by Crippen LogP contribution is 2.17. The highest BCUT2D eigenvalue weighted by molar-refractivity contribution is 5.37. The summed E-state index contributed by atoms with van der Waals surface area (Å²) in [5.74, 6) is 0.840. The van der Waals surface area contributed by atoms with Gasteiger partial charge in [0, 0.05) is 6.04 Å². The first-order valence-corrected chi connectivity index (χ1v) is 7.05. The molecule has 0 fully saturated rings. The molecule has 1 atom stereocenters. The highest BCUT2D eigenvalue weighted by Gasteiger charge is 2.02. The van der Waals surface area contributed by atoms with Crippen LogP contribution in [0.2, 0.25) is 0 Å². The third-order valence-corrected chi connectivity index (χ3v) is 3.35. The molecule has 3 nitrogen and oxygen atoms in total. The second-order valence-electron chi connectivity index (χ2n) is 5.37. The van der Waals surface area contributed by atoms with E-state index in [0.717, 1.165) is 23.3 Å². The van der Waals surface area contributed by atoms with Gasteiger partial charge in [0.1, 0.15) is 12.4 Å². The number of ether oxygens (including phenoxy) is 1. The van der Waals surface area contributed by atoms with Gasteiger partial charge in [0.2, 0.25) is 0 Å². The Hall–Kier alpha value is -2.31. The summed E-state index contributed by atoms with van der Waals surface area (Å²) in [6.07, 6.45) is 0.870. The predicted molar refractivity (Wildman–Crippen MR) is 84.0 cm³/mol. The molecule has 0 aliphatic carbocycles. The molecule has 21 heavy (non-hydrogen) atoms. The summed E-state index contributed by atoms with van der Waals surface area (Å²) in [5.41, 5.74) is 9.84. The number of benzene rings is 2. The Morgan fingerprint density at radius 1 is 1.19 bits per heavy atom.